The molecule has 0 saturated carbocycles. The molecule has 10 heteroatoms. The fourth-order valence-electron chi connectivity index (χ4n) is 3.34. The Hall–Kier alpha value is -2.94. The molecule has 6 nitrogen and oxygen atoms in total. The van der Waals surface area contributed by atoms with Gasteiger partial charge in [-0.2, -0.15) is 13.2 Å². The average molecular weight is 470 g/mol. The summed E-state index contributed by atoms with van der Waals surface area (Å²) in [5.41, 5.74) is 2.26. The second-order valence-electron chi connectivity index (χ2n) is 7.28. The maximum absolute atomic E-state index is 12.6. The quantitative estimate of drug-likeness (QED) is 0.691. The highest BCUT2D eigenvalue weighted by molar-refractivity contribution is 6.33. The van der Waals surface area contributed by atoms with Gasteiger partial charge in [-0.25, -0.2) is 0 Å². The molecule has 32 heavy (non-hydrogen) atoms. The molecule has 2 aromatic carbocycles. The number of ether oxygens (including phenoxy) is 1. The van der Waals surface area contributed by atoms with E-state index in [1.165, 1.54) is 5.56 Å². The number of alkyl halides is 3. The number of anilines is 2. The number of aryl methyl sites for hydroxylation is 1. The maximum Gasteiger partial charge on any atom is 0.471 e. The molecule has 0 aromatic heterocycles. The average Bonchev–Trinajstić information content (AvgIpc) is 2.77. The van der Waals surface area contributed by atoms with Crippen molar-refractivity contribution in [1.29, 1.82) is 0 Å². The second kappa shape index (κ2) is 10.1. The molecule has 1 N–H and O–H groups in total. The summed E-state index contributed by atoms with van der Waals surface area (Å²) in [4.78, 5) is 26.1. The molecular weight excluding hydrogens is 447 g/mol. The van der Waals surface area contributed by atoms with Gasteiger partial charge in [-0.15, -0.1) is 0 Å². The molecule has 1 heterocycles. The molecule has 0 aliphatic carbocycles. The number of nitrogens with one attached hydrogen (secondary N) is 1. The topological polar surface area (TPSA) is 61.9 Å². The smallest absolute Gasteiger partial charge is 0.471 e. The molecule has 2 amide bonds. The fourth-order valence-corrected chi connectivity index (χ4v) is 3.64. The van der Waals surface area contributed by atoms with Gasteiger partial charge in [-0.3, -0.25) is 9.59 Å². The van der Waals surface area contributed by atoms with Gasteiger partial charge in [0, 0.05) is 31.9 Å². The van der Waals surface area contributed by atoms with Crippen LogP contribution in [0.5, 0.6) is 5.75 Å². The first-order valence-electron chi connectivity index (χ1n) is 10.1. The van der Waals surface area contributed by atoms with Crippen molar-refractivity contribution in [2.24, 2.45) is 0 Å². The summed E-state index contributed by atoms with van der Waals surface area (Å²) in [5, 5.41) is 3.04. The van der Waals surface area contributed by atoms with Crippen LogP contribution in [0.1, 0.15) is 12.5 Å². The van der Waals surface area contributed by atoms with Crippen LogP contribution < -0.4 is 15.0 Å². The highest BCUT2D eigenvalue weighted by Gasteiger charge is 2.43. The molecule has 1 aliphatic heterocycles. The lowest BCUT2D eigenvalue weighted by Crippen LogP contribution is -2.52. The predicted octanol–water partition coefficient (Wildman–Crippen LogP) is 4.13. The lowest BCUT2D eigenvalue weighted by molar-refractivity contribution is -0.185. The van der Waals surface area contributed by atoms with Gasteiger partial charge in [0.1, 0.15) is 5.75 Å². The number of halogens is 4. The summed E-state index contributed by atoms with van der Waals surface area (Å²) in [5.74, 6) is -1.59. The number of hydrogen-bond donors (Lipinski definition) is 1. The largest absolute Gasteiger partial charge is 0.484 e. The van der Waals surface area contributed by atoms with Crippen LogP contribution in [0.15, 0.2) is 42.5 Å². The second-order valence-corrected chi connectivity index (χ2v) is 7.68. The molecule has 0 spiro atoms. The van der Waals surface area contributed by atoms with Crippen molar-refractivity contribution in [3.63, 3.8) is 0 Å². The van der Waals surface area contributed by atoms with Gasteiger partial charge in [0.05, 0.1) is 10.7 Å². The van der Waals surface area contributed by atoms with E-state index in [4.69, 9.17) is 16.3 Å². The monoisotopic (exact) mass is 469 g/mol. The third-order valence-corrected chi connectivity index (χ3v) is 5.39. The lowest BCUT2D eigenvalue weighted by Gasteiger charge is -2.36. The van der Waals surface area contributed by atoms with Crippen LogP contribution in [0.3, 0.4) is 0 Å². The Morgan fingerprint density at radius 2 is 1.72 bits per heavy atom. The van der Waals surface area contributed by atoms with Gasteiger partial charge in [-0.1, -0.05) is 30.7 Å². The Bertz CT molecular complexity index is 959. The van der Waals surface area contributed by atoms with E-state index in [9.17, 15) is 22.8 Å². The van der Waals surface area contributed by atoms with Gasteiger partial charge < -0.3 is 19.9 Å². The van der Waals surface area contributed by atoms with E-state index in [-0.39, 0.29) is 38.7 Å². The number of carbonyl (C=O) groups excluding carboxylic acids is 2. The van der Waals surface area contributed by atoms with Crippen LogP contribution in [0.25, 0.3) is 0 Å². The Kier molecular flexibility index (Phi) is 7.50. The third-order valence-electron chi connectivity index (χ3n) is 5.08. The van der Waals surface area contributed by atoms with E-state index >= 15 is 0 Å². The van der Waals surface area contributed by atoms with Gasteiger partial charge >= 0.3 is 12.1 Å². The van der Waals surface area contributed by atoms with Crippen LogP contribution in [-0.2, 0) is 16.0 Å². The van der Waals surface area contributed by atoms with E-state index in [1.54, 1.807) is 35.2 Å². The van der Waals surface area contributed by atoms with Crippen LogP contribution in [0, 0.1) is 0 Å². The Morgan fingerprint density at radius 3 is 2.28 bits per heavy atom. The SMILES string of the molecule is CCc1ccc(OCC(=O)Nc2ccc(N3CCN(C(=O)C(F)(F)F)CC3)c(Cl)c2)cc1. The summed E-state index contributed by atoms with van der Waals surface area (Å²) in [6.07, 6.45) is -3.96. The lowest BCUT2D eigenvalue weighted by atomic mass is 10.2. The molecule has 1 saturated heterocycles. The van der Waals surface area contributed by atoms with E-state index in [1.807, 2.05) is 12.1 Å². The summed E-state index contributed by atoms with van der Waals surface area (Å²) in [6.45, 7) is 2.22. The molecule has 2 aromatic rings. The molecule has 0 bridgehead atoms. The number of hydrogen-bond acceptors (Lipinski definition) is 4. The van der Waals surface area contributed by atoms with E-state index < -0.39 is 12.1 Å². The minimum atomic E-state index is -4.87. The van der Waals surface area contributed by atoms with Crippen molar-refractivity contribution in [1.82, 2.24) is 4.90 Å². The number of rotatable bonds is 6. The standard InChI is InChI=1S/C22H23ClF3N3O3/c1-2-15-3-6-17(7-4-15)32-14-20(30)27-16-5-8-19(18(23)13-16)28-9-11-29(12-10-28)21(31)22(24,25)26/h3-8,13H,2,9-12,14H2,1H3,(H,27,30). The fraction of sp³-hybridized carbons (Fsp3) is 0.364. The van der Waals surface area contributed by atoms with Crippen molar-refractivity contribution in [3.05, 3.63) is 53.1 Å². The predicted molar refractivity (Wildman–Crippen MR) is 116 cm³/mol. The molecule has 0 atom stereocenters. The van der Waals surface area contributed by atoms with E-state index in [0.717, 1.165) is 11.3 Å². The van der Waals surface area contributed by atoms with Crippen molar-refractivity contribution in [2.75, 3.05) is 43.0 Å². The first kappa shape index (κ1) is 23.7. The maximum atomic E-state index is 12.6. The van der Waals surface area contributed by atoms with Crippen LogP contribution in [-0.4, -0.2) is 55.7 Å². The van der Waals surface area contributed by atoms with Crippen LogP contribution in [0.2, 0.25) is 5.02 Å². The Labute approximate surface area is 188 Å². The molecule has 172 valence electrons. The van der Waals surface area contributed by atoms with Crippen molar-refractivity contribution in [2.45, 2.75) is 19.5 Å². The summed E-state index contributed by atoms with van der Waals surface area (Å²) < 4.78 is 43.2. The number of piperazine rings is 1. The van der Waals surface area contributed by atoms with Crippen molar-refractivity contribution < 1.29 is 27.5 Å². The minimum Gasteiger partial charge on any atom is -0.484 e. The Balaban J connectivity index is 1.52. The Morgan fingerprint density at radius 1 is 1.06 bits per heavy atom. The third kappa shape index (κ3) is 6.06. The van der Waals surface area contributed by atoms with Gasteiger partial charge in [0.15, 0.2) is 6.61 Å². The first-order chi connectivity index (χ1) is 15.2. The normalized spacial score (nSPS) is 14.3. The zero-order valence-corrected chi connectivity index (χ0v) is 18.2. The van der Waals surface area contributed by atoms with Gasteiger partial charge in [0.25, 0.3) is 5.91 Å². The van der Waals surface area contributed by atoms with E-state index in [0.29, 0.717) is 22.1 Å². The molecule has 1 aliphatic rings. The number of amides is 2. The molecular formula is C22H23ClF3N3O3. The molecule has 0 radical (unpaired) electrons. The number of benzene rings is 2. The first-order valence-corrected chi connectivity index (χ1v) is 10.5. The highest BCUT2D eigenvalue weighted by atomic mass is 35.5. The molecule has 3 rings (SSSR count). The zero-order chi connectivity index (χ0) is 23.3. The van der Waals surface area contributed by atoms with Crippen molar-refractivity contribution in [3.8, 4) is 5.75 Å². The van der Waals surface area contributed by atoms with Crippen LogP contribution in [0.4, 0.5) is 24.5 Å². The van der Waals surface area contributed by atoms with Gasteiger partial charge in [0.2, 0.25) is 0 Å². The van der Waals surface area contributed by atoms with Crippen LogP contribution >= 0.6 is 11.6 Å². The summed E-state index contributed by atoms with van der Waals surface area (Å²) in [7, 11) is 0. The van der Waals surface area contributed by atoms with E-state index in [2.05, 4.69) is 12.2 Å². The summed E-state index contributed by atoms with van der Waals surface area (Å²) >= 11 is 6.33. The number of nitrogens with zero attached hydrogens (tertiary/aromatic N) is 2. The van der Waals surface area contributed by atoms with Crippen molar-refractivity contribution >= 4 is 34.8 Å². The van der Waals surface area contributed by atoms with Gasteiger partial charge in [-0.05, 0) is 42.3 Å². The summed E-state index contributed by atoms with van der Waals surface area (Å²) in [6, 6.07) is 12.4. The molecule has 1 fully saturated rings. The number of carbonyl (C=O) groups is 2. The zero-order valence-electron chi connectivity index (χ0n) is 17.4. The minimum absolute atomic E-state index is 0.0519. The molecule has 0 unspecified atom stereocenters. The highest BCUT2D eigenvalue weighted by Crippen LogP contribution is 2.30.